The van der Waals surface area contributed by atoms with Gasteiger partial charge in [0.2, 0.25) is 0 Å². The second-order valence-corrected chi connectivity index (χ2v) is 4.19. The lowest BCUT2D eigenvalue weighted by atomic mass is 10.2. The molecule has 0 atom stereocenters. The fraction of sp³-hybridized carbons (Fsp3) is 0.364. The molecule has 0 spiro atoms. The first-order valence-electron chi connectivity index (χ1n) is 4.81. The van der Waals surface area contributed by atoms with Gasteiger partial charge in [0.15, 0.2) is 0 Å². The van der Waals surface area contributed by atoms with Gasteiger partial charge >= 0.3 is 5.97 Å². The Kier molecular flexibility index (Phi) is 4.73. The highest BCUT2D eigenvalue weighted by atomic mass is 79.9. The zero-order chi connectivity index (χ0) is 12.1. The van der Waals surface area contributed by atoms with Crippen molar-refractivity contribution in [3.8, 4) is 0 Å². The summed E-state index contributed by atoms with van der Waals surface area (Å²) in [6.45, 7) is 2.29. The lowest BCUT2D eigenvalue weighted by Crippen LogP contribution is -2.10. The molecule has 1 aromatic carbocycles. The van der Waals surface area contributed by atoms with E-state index in [0.717, 1.165) is 5.56 Å². The lowest BCUT2D eigenvalue weighted by Gasteiger charge is -2.09. The molecule has 0 fully saturated rings. The maximum Gasteiger partial charge on any atom is 0.307 e. The first-order valence-corrected chi connectivity index (χ1v) is 5.60. The number of aryl methyl sites for hydroxylation is 1. The van der Waals surface area contributed by atoms with Crippen LogP contribution in [0.15, 0.2) is 16.6 Å². The van der Waals surface area contributed by atoms with Crippen molar-refractivity contribution in [1.29, 1.82) is 0 Å². The van der Waals surface area contributed by atoms with E-state index in [-0.39, 0.29) is 18.2 Å². The third-order valence-corrected chi connectivity index (χ3v) is 2.75. The third kappa shape index (κ3) is 3.48. The van der Waals surface area contributed by atoms with Crippen LogP contribution in [0.25, 0.3) is 0 Å². The van der Waals surface area contributed by atoms with Crippen LogP contribution in [0.4, 0.5) is 10.1 Å². The van der Waals surface area contributed by atoms with Gasteiger partial charge in [-0.1, -0.05) is 0 Å². The molecule has 0 bridgehead atoms. The van der Waals surface area contributed by atoms with Gasteiger partial charge < -0.3 is 10.1 Å². The van der Waals surface area contributed by atoms with E-state index in [1.54, 1.807) is 6.07 Å². The molecule has 0 aliphatic heterocycles. The number of rotatable bonds is 4. The van der Waals surface area contributed by atoms with Crippen molar-refractivity contribution in [2.24, 2.45) is 0 Å². The SMILES string of the molecule is COC(=O)CCNc1cc(F)c(Br)cc1C. The van der Waals surface area contributed by atoms with Crippen LogP contribution in [-0.2, 0) is 9.53 Å². The van der Waals surface area contributed by atoms with Crippen LogP contribution in [0.3, 0.4) is 0 Å². The van der Waals surface area contributed by atoms with Crippen LogP contribution >= 0.6 is 15.9 Å². The van der Waals surface area contributed by atoms with Crippen LogP contribution in [0, 0.1) is 12.7 Å². The second-order valence-electron chi connectivity index (χ2n) is 3.33. The number of hydrogen-bond donors (Lipinski definition) is 1. The van der Waals surface area contributed by atoms with E-state index in [0.29, 0.717) is 16.7 Å². The summed E-state index contributed by atoms with van der Waals surface area (Å²) in [6, 6.07) is 3.09. The van der Waals surface area contributed by atoms with Crippen LogP contribution in [0.1, 0.15) is 12.0 Å². The topological polar surface area (TPSA) is 38.3 Å². The standard InChI is InChI=1S/C11H13BrFNO2/c1-7-5-8(12)9(13)6-10(7)14-4-3-11(15)16-2/h5-6,14H,3-4H2,1-2H3. The maximum absolute atomic E-state index is 13.2. The molecule has 88 valence electrons. The van der Waals surface area contributed by atoms with Crippen molar-refractivity contribution in [2.45, 2.75) is 13.3 Å². The number of hydrogen-bond acceptors (Lipinski definition) is 3. The lowest BCUT2D eigenvalue weighted by molar-refractivity contribution is -0.140. The summed E-state index contributed by atoms with van der Waals surface area (Å²) < 4.78 is 18.2. The number of ether oxygens (including phenoxy) is 1. The van der Waals surface area contributed by atoms with Crippen molar-refractivity contribution in [3.63, 3.8) is 0 Å². The summed E-state index contributed by atoms with van der Waals surface area (Å²) in [7, 11) is 1.34. The average molecular weight is 290 g/mol. The van der Waals surface area contributed by atoms with E-state index in [2.05, 4.69) is 26.0 Å². The zero-order valence-electron chi connectivity index (χ0n) is 9.14. The van der Waals surface area contributed by atoms with E-state index in [4.69, 9.17) is 0 Å². The molecule has 0 aliphatic rings. The Bertz CT molecular complexity index is 396. The van der Waals surface area contributed by atoms with Crippen LogP contribution in [0.2, 0.25) is 0 Å². The van der Waals surface area contributed by atoms with Gasteiger partial charge in [0.25, 0.3) is 0 Å². The van der Waals surface area contributed by atoms with Crippen LogP contribution in [-0.4, -0.2) is 19.6 Å². The van der Waals surface area contributed by atoms with Gasteiger partial charge in [-0.25, -0.2) is 4.39 Å². The van der Waals surface area contributed by atoms with Gasteiger partial charge in [-0.05, 0) is 40.5 Å². The van der Waals surface area contributed by atoms with Gasteiger partial charge in [-0.3, -0.25) is 4.79 Å². The quantitative estimate of drug-likeness (QED) is 0.867. The molecule has 0 aliphatic carbocycles. The Morgan fingerprint density at radius 2 is 2.25 bits per heavy atom. The Morgan fingerprint density at radius 3 is 2.88 bits per heavy atom. The number of nitrogens with one attached hydrogen (secondary N) is 1. The minimum Gasteiger partial charge on any atom is -0.469 e. The summed E-state index contributed by atoms with van der Waals surface area (Å²) in [6.07, 6.45) is 0.258. The van der Waals surface area contributed by atoms with E-state index in [1.165, 1.54) is 13.2 Å². The smallest absolute Gasteiger partial charge is 0.307 e. The Hall–Kier alpha value is -1.10. The number of anilines is 1. The number of halogens is 2. The molecule has 3 nitrogen and oxygen atoms in total. The van der Waals surface area contributed by atoms with E-state index in [9.17, 15) is 9.18 Å². The first kappa shape index (κ1) is 13.0. The van der Waals surface area contributed by atoms with E-state index < -0.39 is 0 Å². The van der Waals surface area contributed by atoms with Crippen molar-refractivity contribution < 1.29 is 13.9 Å². The average Bonchev–Trinajstić information content (AvgIpc) is 2.25. The Morgan fingerprint density at radius 1 is 1.56 bits per heavy atom. The molecule has 0 unspecified atom stereocenters. The summed E-state index contributed by atoms with van der Waals surface area (Å²) in [4.78, 5) is 10.9. The zero-order valence-corrected chi connectivity index (χ0v) is 10.7. The summed E-state index contributed by atoms with van der Waals surface area (Å²) in [5.41, 5.74) is 1.60. The molecule has 5 heteroatoms. The van der Waals surface area contributed by atoms with Crippen molar-refractivity contribution in [2.75, 3.05) is 19.0 Å². The first-order chi connectivity index (χ1) is 7.54. The number of benzene rings is 1. The fourth-order valence-corrected chi connectivity index (χ4v) is 1.70. The van der Waals surface area contributed by atoms with E-state index >= 15 is 0 Å². The summed E-state index contributed by atoms with van der Waals surface area (Å²) in [5.74, 6) is -0.617. The monoisotopic (exact) mass is 289 g/mol. The maximum atomic E-state index is 13.2. The number of carbonyl (C=O) groups excluding carboxylic acids is 1. The summed E-state index contributed by atoms with van der Waals surface area (Å²) >= 11 is 3.11. The molecular weight excluding hydrogens is 277 g/mol. The van der Waals surface area contributed by atoms with E-state index in [1.807, 2.05) is 6.92 Å². The predicted octanol–water partition coefficient (Wildman–Crippen LogP) is 2.87. The molecule has 0 radical (unpaired) electrons. The largest absolute Gasteiger partial charge is 0.469 e. The van der Waals surface area contributed by atoms with Crippen molar-refractivity contribution >= 4 is 27.6 Å². The van der Waals surface area contributed by atoms with Crippen LogP contribution in [0.5, 0.6) is 0 Å². The Balaban J connectivity index is 2.60. The highest BCUT2D eigenvalue weighted by Gasteiger charge is 2.05. The van der Waals surface area contributed by atoms with Gasteiger partial charge in [-0.15, -0.1) is 0 Å². The molecule has 0 heterocycles. The molecule has 1 rings (SSSR count). The minimum absolute atomic E-state index is 0.258. The highest BCUT2D eigenvalue weighted by molar-refractivity contribution is 9.10. The number of carbonyl (C=O) groups is 1. The molecule has 1 N–H and O–H groups in total. The Labute approximate surface area is 102 Å². The molecule has 0 saturated heterocycles. The van der Waals surface area contributed by atoms with Crippen LogP contribution < -0.4 is 5.32 Å². The molecule has 0 saturated carbocycles. The second kappa shape index (κ2) is 5.84. The fourth-order valence-electron chi connectivity index (χ4n) is 1.24. The van der Waals surface area contributed by atoms with Gasteiger partial charge in [-0.2, -0.15) is 0 Å². The number of methoxy groups -OCH3 is 1. The van der Waals surface area contributed by atoms with Gasteiger partial charge in [0.1, 0.15) is 5.82 Å². The van der Waals surface area contributed by atoms with Crippen molar-refractivity contribution in [1.82, 2.24) is 0 Å². The minimum atomic E-state index is -0.328. The normalized spacial score (nSPS) is 10.0. The van der Waals surface area contributed by atoms with Gasteiger partial charge in [0.05, 0.1) is 18.0 Å². The third-order valence-electron chi connectivity index (χ3n) is 2.14. The molecule has 0 amide bonds. The molecule has 16 heavy (non-hydrogen) atoms. The molecule has 0 aromatic heterocycles. The number of esters is 1. The molecule has 1 aromatic rings. The molecular formula is C11H13BrFNO2. The van der Waals surface area contributed by atoms with Gasteiger partial charge in [0, 0.05) is 12.2 Å². The summed E-state index contributed by atoms with van der Waals surface area (Å²) in [5, 5.41) is 2.98. The predicted molar refractivity (Wildman–Crippen MR) is 64.0 cm³/mol. The highest BCUT2D eigenvalue weighted by Crippen LogP contribution is 2.23. The van der Waals surface area contributed by atoms with Crippen molar-refractivity contribution in [3.05, 3.63) is 28.0 Å².